The van der Waals surface area contributed by atoms with Gasteiger partial charge in [0.15, 0.2) is 5.71 Å². The summed E-state index contributed by atoms with van der Waals surface area (Å²) in [6.45, 7) is 3.71. The summed E-state index contributed by atoms with van der Waals surface area (Å²) in [6.07, 6.45) is 0.843. The second-order valence-corrected chi connectivity index (χ2v) is 6.99. The first-order valence-electron chi connectivity index (χ1n) is 9.22. The quantitative estimate of drug-likeness (QED) is 0.486. The molecule has 0 unspecified atom stereocenters. The highest BCUT2D eigenvalue weighted by atomic mass is 16.5. The van der Waals surface area contributed by atoms with E-state index in [0.29, 0.717) is 24.3 Å². The normalized spacial score (nSPS) is 17.2. The van der Waals surface area contributed by atoms with Crippen LogP contribution < -0.4 is 5.32 Å². The molecule has 0 saturated carbocycles. The second-order valence-electron chi connectivity index (χ2n) is 6.99. The van der Waals surface area contributed by atoms with Crippen molar-refractivity contribution in [3.05, 3.63) is 52.6 Å². The maximum absolute atomic E-state index is 12.2. The largest absolute Gasteiger partial charge is 0.462 e. The van der Waals surface area contributed by atoms with Crippen molar-refractivity contribution in [2.75, 3.05) is 25.5 Å². The van der Waals surface area contributed by atoms with Gasteiger partial charge < -0.3 is 20.2 Å². The van der Waals surface area contributed by atoms with Crippen LogP contribution in [0.25, 0.3) is 11.1 Å². The van der Waals surface area contributed by atoms with Crippen LogP contribution in [0.1, 0.15) is 34.0 Å². The molecular formula is C21H21N3O4. The number of ether oxygens (including phenoxy) is 1. The van der Waals surface area contributed by atoms with Crippen LogP contribution in [0, 0.1) is 0 Å². The van der Waals surface area contributed by atoms with Crippen molar-refractivity contribution in [2.45, 2.75) is 19.9 Å². The molecule has 1 amide bonds. The highest BCUT2D eigenvalue weighted by Crippen LogP contribution is 2.40. The molecule has 0 spiro atoms. The molecule has 7 heteroatoms. The minimum absolute atomic E-state index is 0.0235. The number of anilines is 1. The van der Waals surface area contributed by atoms with Crippen LogP contribution in [0.2, 0.25) is 0 Å². The number of carbonyl (C=O) groups is 2. The number of nitrogens with one attached hydrogen (secondary N) is 1. The number of hydrogen-bond acceptors (Lipinski definition) is 6. The van der Waals surface area contributed by atoms with E-state index in [9.17, 15) is 14.8 Å². The topological polar surface area (TPSA) is 91.2 Å². The summed E-state index contributed by atoms with van der Waals surface area (Å²) >= 11 is 0. The highest BCUT2D eigenvalue weighted by Gasteiger charge is 2.33. The number of benzene rings is 2. The van der Waals surface area contributed by atoms with Crippen LogP contribution in [-0.2, 0) is 22.5 Å². The fourth-order valence-corrected chi connectivity index (χ4v) is 3.87. The van der Waals surface area contributed by atoms with Gasteiger partial charge in [0.25, 0.3) is 5.91 Å². The Balaban J connectivity index is 1.84. The molecule has 2 aliphatic heterocycles. The summed E-state index contributed by atoms with van der Waals surface area (Å²) in [4.78, 5) is 26.3. The van der Waals surface area contributed by atoms with E-state index in [1.165, 1.54) is 5.56 Å². The van der Waals surface area contributed by atoms with Gasteiger partial charge in [-0.2, -0.15) is 0 Å². The first kappa shape index (κ1) is 18.2. The van der Waals surface area contributed by atoms with E-state index in [2.05, 4.69) is 15.4 Å². The van der Waals surface area contributed by atoms with Gasteiger partial charge in [0.1, 0.15) is 0 Å². The van der Waals surface area contributed by atoms with Crippen molar-refractivity contribution in [1.29, 1.82) is 0 Å². The number of amides is 1. The number of nitrogens with zero attached hydrogens (tertiary/aromatic N) is 2. The Labute approximate surface area is 162 Å². The van der Waals surface area contributed by atoms with Gasteiger partial charge in [0.2, 0.25) is 0 Å². The summed E-state index contributed by atoms with van der Waals surface area (Å²) < 4.78 is 5.04. The predicted molar refractivity (Wildman–Crippen MR) is 105 cm³/mol. The van der Waals surface area contributed by atoms with Crippen molar-refractivity contribution >= 4 is 23.3 Å². The molecule has 2 aromatic carbocycles. The first-order valence-corrected chi connectivity index (χ1v) is 9.22. The maximum Gasteiger partial charge on any atom is 0.338 e. The Kier molecular flexibility index (Phi) is 4.60. The van der Waals surface area contributed by atoms with Gasteiger partial charge in [-0.15, -0.1) is 0 Å². The minimum atomic E-state index is -0.400. The molecule has 2 heterocycles. The fourth-order valence-electron chi connectivity index (χ4n) is 3.87. The third-order valence-electron chi connectivity index (χ3n) is 5.24. The predicted octanol–water partition coefficient (Wildman–Crippen LogP) is 2.65. The standard InChI is InChI=1S/C21H21N3O4/c1-3-28-21(26)13-6-4-12(5-7-13)15-10-16-18(22-20(25)19(16)23-27)17-11-24(2)9-8-14(15)17/h4-7,10,27H,3,8-9,11H2,1-2H3,(H,22,23,25). The molecule has 0 fully saturated rings. The molecule has 0 aliphatic carbocycles. The number of rotatable bonds is 3. The summed E-state index contributed by atoms with van der Waals surface area (Å²) in [7, 11) is 2.04. The van der Waals surface area contributed by atoms with Crippen molar-refractivity contribution in [3.8, 4) is 11.1 Å². The molecule has 2 aromatic rings. The number of fused-ring (bicyclic) bond motifs is 3. The van der Waals surface area contributed by atoms with E-state index in [1.807, 2.05) is 25.2 Å². The lowest BCUT2D eigenvalue weighted by Crippen LogP contribution is -2.27. The van der Waals surface area contributed by atoms with Gasteiger partial charge in [0, 0.05) is 18.7 Å². The van der Waals surface area contributed by atoms with Gasteiger partial charge in [-0.1, -0.05) is 17.3 Å². The van der Waals surface area contributed by atoms with Gasteiger partial charge in [0.05, 0.1) is 17.9 Å². The average molecular weight is 379 g/mol. The zero-order chi connectivity index (χ0) is 19.8. The summed E-state index contributed by atoms with van der Waals surface area (Å²) in [5.74, 6) is -0.751. The maximum atomic E-state index is 12.2. The van der Waals surface area contributed by atoms with Crippen LogP contribution in [0.5, 0.6) is 0 Å². The lowest BCUT2D eigenvalue weighted by molar-refractivity contribution is -0.110. The SMILES string of the molecule is CCOC(=O)c1ccc(-c2cc3c(c4c2CCN(C)C4)NC(=O)/C3=N/O)cc1. The number of esters is 1. The molecule has 7 nitrogen and oxygen atoms in total. The fraction of sp³-hybridized carbons (Fsp3) is 0.286. The van der Waals surface area contributed by atoms with Crippen molar-refractivity contribution in [3.63, 3.8) is 0 Å². The molecule has 0 bridgehead atoms. The molecule has 0 saturated heterocycles. The Hall–Kier alpha value is -3.19. The number of oxime groups is 1. The molecule has 144 valence electrons. The van der Waals surface area contributed by atoms with Crippen molar-refractivity contribution in [2.24, 2.45) is 5.16 Å². The molecule has 0 aromatic heterocycles. The molecule has 4 rings (SSSR count). The van der Waals surface area contributed by atoms with Crippen LogP contribution in [0.3, 0.4) is 0 Å². The van der Waals surface area contributed by atoms with Crippen molar-refractivity contribution in [1.82, 2.24) is 4.90 Å². The molecule has 2 N–H and O–H groups in total. The number of carbonyl (C=O) groups excluding carboxylic acids is 2. The van der Waals surface area contributed by atoms with Gasteiger partial charge in [-0.25, -0.2) is 4.79 Å². The Morgan fingerprint density at radius 3 is 2.68 bits per heavy atom. The van der Waals surface area contributed by atoms with Crippen LogP contribution in [0.4, 0.5) is 5.69 Å². The zero-order valence-electron chi connectivity index (χ0n) is 15.8. The van der Waals surface area contributed by atoms with Crippen LogP contribution in [0.15, 0.2) is 35.5 Å². The number of hydrogen-bond donors (Lipinski definition) is 2. The molecule has 0 radical (unpaired) electrons. The molecular weight excluding hydrogens is 358 g/mol. The Morgan fingerprint density at radius 1 is 1.25 bits per heavy atom. The molecule has 28 heavy (non-hydrogen) atoms. The molecule has 2 aliphatic rings. The van der Waals surface area contributed by atoms with Gasteiger partial charge in [-0.3, -0.25) is 4.79 Å². The zero-order valence-corrected chi connectivity index (χ0v) is 15.8. The molecule has 0 atom stereocenters. The van der Waals surface area contributed by atoms with Gasteiger partial charge in [-0.05, 0) is 60.8 Å². The van der Waals surface area contributed by atoms with E-state index in [1.54, 1.807) is 19.1 Å². The summed E-state index contributed by atoms with van der Waals surface area (Å²) in [6, 6.07) is 9.14. The summed E-state index contributed by atoms with van der Waals surface area (Å²) in [5.41, 5.74) is 5.98. The Morgan fingerprint density at radius 2 is 2.00 bits per heavy atom. The van der Waals surface area contributed by atoms with Crippen molar-refractivity contribution < 1.29 is 19.5 Å². The monoisotopic (exact) mass is 379 g/mol. The van der Waals surface area contributed by atoms with Gasteiger partial charge >= 0.3 is 5.97 Å². The van der Waals surface area contributed by atoms with Crippen LogP contribution >= 0.6 is 0 Å². The lowest BCUT2D eigenvalue weighted by atomic mass is 9.87. The highest BCUT2D eigenvalue weighted by molar-refractivity contribution is 6.54. The van der Waals surface area contributed by atoms with E-state index >= 15 is 0 Å². The van der Waals surface area contributed by atoms with Crippen LogP contribution in [-0.4, -0.2) is 47.9 Å². The smallest absolute Gasteiger partial charge is 0.338 e. The second kappa shape index (κ2) is 7.09. The number of likely N-dealkylation sites (N-methyl/N-ethyl adjacent to an activating group) is 1. The van der Waals surface area contributed by atoms with E-state index in [4.69, 9.17) is 4.74 Å². The van der Waals surface area contributed by atoms with E-state index < -0.39 is 5.91 Å². The third kappa shape index (κ3) is 2.93. The average Bonchev–Trinajstić information content (AvgIpc) is 3.03. The lowest BCUT2D eigenvalue weighted by Gasteiger charge is -2.29. The third-order valence-corrected chi connectivity index (χ3v) is 5.24. The minimum Gasteiger partial charge on any atom is -0.462 e. The van der Waals surface area contributed by atoms with E-state index in [0.717, 1.165) is 35.3 Å². The first-order chi connectivity index (χ1) is 13.5. The summed E-state index contributed by atoms with van der Waals surface area (Å²) in [5, 5.41) is 15.4. The Bertz CT molecular complexity index is 996. The van der Waals surface area contributed by atoms with E-state index in [-0.39, 0.29) is 11.7 Å².